The van der Waals surface area contributed by atoms with Crippen LogP contribution in [0.4, 0.5) is 5.69 Å². The first-order valence-corrected chi connectivity index (χ1v) is 4.27. The van der Waals surface area contributed by atoms with Crippen LogP contribution in [0.15, 0.2) is 18.2 Å². The van der Waals surface area contributed by atoms with Crippen molar-refractivity contribution >= 4 is 11.7 Å². The SMILES string of the molecule is O=C(O)c1cc(C(O)CO)cc([N+](=O)[O-])c1. The van der Waals surface area contributed by atoms with Crippen LogP contribution in [0.5, 0.6) is 0 Å². The smallest absolute Gasteiger partial charge is 0.335 e. The van der Waals surface area contributed by atoms with E-state index in [2.05, 4.69) is 0 Å². The van der Waals surface area contributed by atoms with E-state index in [0.29, 0.717) is 0 Å². The van der Waals surface area contributed by atoms with Crippen molar-refractivity contribution < 1.29 is 25.0 Å². The summed E-state index contributed by atoms with van der Waals surface area (Å²) in [6, 6.07) is 2.99. The lowest BCUT2D eigenvalue weighted by Gasteiger charge is -2.08. The van der Waals surface area contributed by atoms with E-state index in [1.54, 1.807) is 0 Å². The van der Waals surface area contributed by atoms with Crippen molar-refractivity contribution in [1.29, 1.82) is 0 Å². The van der Waals surface area contributed by atoms with Gasteiger partial charge in [-0.25, -0.2) is 4.79 Å². The predicted octanol–water partition coefficient (Wildman–Crippen LogP) is 0.319. The summed E-state index contributed by atoms with van der Waals surface area (Å²) in [6.45, 7) is -0.639. The summed E-state index contributed by atoms with van der Waals surface area (Å²) in [6.07, 6.45) is -1.34. The Morgan fingerprint density at radius 2 is 2.06 bits per heavy atom. The van der Waals surface area contributed by atoms with E-state index in [1.165, 1.54) is 0 Å². The number of aliphatic hydroxyl groups excluding tert-OH is 2. The number of nitrogens with zero attached hydrogens (tertiary/aromatic N) is 1. The number of nitro groups is 1. The number of rotatable bonds is 4. The average Bonchev–Trinajstić information content (AvgIpc) is 2.27. The fourth-order valence-electron chi connectivity index (χ4n) is 1.16. The van der Waals surface area contributed by atoms with Gasteiger partial charge in [0.05, 0.1) is 17.1 Å². The minimum absolute atomic E-state index is 0.00546. The number of hydrogen-bond acceptors (Lipinski definition) is 5. The van der Waals surface area contributed by atoms with Crippen molar-refractivity contribution in [3.05, 3.63) is 39.4 Å². The largest absolute Gasteiger partial charge is 0.478 e. The Labute approximate surface area is 89.7 Å². The zero-order valence-electron chi connectivity index (χ0n) is 8.03. The number of carbonyl (C=O) groups is 1. The molecule has 1 unspecified atom stereocenters. The first-order chi connectivity index (χ1) is 7.45. The van der Waals surface area contributed by atoms with Crippen molar-refractivity contribution in [3.63, 3.8) is 0 Å². The molecule has 0 aliphatic heterocycles. The fourth-order valence-corrected chi connectivity index (χ4v) is 1.16. The lowest BCUT2D eigenvalue weighted by atomic mass is 10.1. The van der Waals surface area contributed by atoms with Crippen LogP contribution in [-0.4, -0.2) is 32.8 Å². The molecule has 0 aliphatic carbocycles. The Bertz CT molecular complexity index is 398. The van der Waals surface area contributed by atoms with Crippen molar-refractivity contribution in [2.45, 2.75) is 6.10 Å². The molecule has 0 saturated heterocycles. The van der Waals surface area contributed by atoms with Gasteiger partial charge in [0.25, 0.3) is 5.69 Å². The third kappa shape index (κ3) is 2.53. The standard InChI is InChI=1S/C9H9NO6/c11-4-8(12)5-1-6(9(13)14)3-7(2-5)10(15)16/h1-3,8,11-12H,4H2,(H,13,14). The third-order valence-electron chi connectivity index (χ3n) is 1.96. The molecule has 0 heterocycles. The van der Waals surface area contributed by atoms with Gasteiger partial charge in [-0.2, -0.15) is 0 Å². The summed E-state index contributed by atoms with van der Waals surface area (Å²) in [5.41, 5.74) is -0.756. The normalized spacial score (nSPS) is 12.1. The molecule has 7 nitrogen and oxygen atoms in total. The summed E-state index contributed by atoms with van der Waals surface area (Å²) < 4.78 is 0. The number of benzene rings is 1. The van der Waals surface area contributed by atoms with Crippen molar-refractivity contribution in [1.82, 2.24) is 0 Å². The molecule has 86 valence electrons. The molecule has 0 radical (unpaired) electrons. The minimum atomic E-state index is -1.34. The van der Waals surface area contributed by atoms with Gasteiger partial charge in [-0.3, -0.25) is 10.1 Å². The Morgan fingerprint density at radius 3 is 2.50 bits per heavy atom. The number of aromatic carboxylic acids is 1. The van der Waals surface area contributed by atoms with Crippen LogP contribution >= 0.6 is 0 Å². The molecule has 16 heavy (non-hydrogen) atoms. The molecule has 1 aromatic carbocycles. The summed E-state index contributed by atoms with van der Waals surface area (Å²) in [5.74, 6) is -1.34. The molecule has 0 fully saturated rings. The molecule has 1 rings (SSSR count). The van der Waals surface area contributed by atoms with E-state index in [4.69, 9.17) is 10.2 Å². The van der Waals surface area contributed by atoms with Crippen molar-refractivity contribution in [2.75, 3.05) is 6.61 Å². The second-order valence-electron chi connectivity index (χ2n) is 3.07. The maximum Gasteiger partial charge on any atom is 0.335 e. The van der Waals surface area contributed by atoms with Gasteiger partial charge in [-0.05, 0) is 11.6 Å². The quantitative estimate of drug-likeness (QED) is 0.503. The van der Waals surface area contributed by atoms with E-state index in [1.807, 2.05) is 0 Å². The highest BCUT2D eigenvalue weighted by Crippen LogP contribution is 2.22. The third-order valence-corrected chi connectivity index (χ3v) is 1.96. The summed E-state index contributed by atoms with van der Waals surface area (Å²) in [5, 5.41) is 37.2. The van der Waals surface area contributed by atoms with Crippen LogP contribution in [0.2, 0.25) is 0 Å². The summed E-state index contributed by atoms with van der Waals surface area (Å²) >= 11 is 0. The molecule has 0 amide bonds. The number of non-ortho nitro benzene ring substituents is 1. The topological polar surface area (TPSA) is 121 Å². The van der Waals surface area contributed by atoms with Crippen molar-refractivity contribution in [2.24, 2.45) is 0 Å². The molecule has 0 aliphatic rings. The number of nitro benzene ring substituents is 1. The minimum Gasteiger partial charge on any atom is -0.478 e. The van der Waals surface area contributed by atoms with Gasteiger partial charge in [0.1, 0.15) is 6.10 Å². The predicted molar refractivity (Wildman–Crippen MR) is 52.1 cm³/mol. The van der Waals surface area contributed by atoms with E-state index in [-0.39, 0.29) is 11.1 Å². The Hall–Kier alpha value is -1.99. The number of aliphatic hydroxyl groups is 2. The van der Waals surface area contributed by atoms with E-state index in [0.717, 1.165) is 18.2 Å². The fraction of sp³-hybridized carbons (Fsp3) is 0.222. The zero-order chi connectivity index (χ0) is 12.3. The van der Waals surface area contributed by atoms with E-state index < -0.39 is 29.3 Å². The maximum absolute atomic E-state index is 10.7. The maximum atomic E-state index is 10.7. The molecule has 3 N–H and O–H groups in total. The molecule has 1 aromatic rings. The number of carboxylic acids is 1. The Kier molecular flexibility index (Phi) is 3.54. The molecule has 1 atom stereocenters. The Balaban J connectivity index is 3.29. The van der Waals surface area contributed by atoms with Gasteiger partial charge in [0, 0.05) is 12.1 Å². The lowest BCUT2D eigenvalue weighted by molar-refractivity contribution is -0.385. The van der Waals surface area contributed by atoms with Crippen molar-refractivity contribution in [3.8, 4) is 0 Å². The summed E-state index contributed by atoms with van der Waals surface area (Å²) in [4.78, 5) is 20.4. The van der Waals surface area contributed by atoms with E-state index >= 15 is 0 Å². The van der Waals surface area contributed by atoms with Gasteiger partial charge in [-0.1, -0.05) is 0 Å². The number of carboxylic acid groups (broad SMARTS) is 1. The van der Waals surface area contributed by atoms with Crippen LogP contribution in [0, 0.1) is 10.1 Å². The highest BCUT2D eigenvalue weighted by atomic mass is 16.6. The Morgan fingerprint density at radius 1 is 1.44 bits per heavy atom. The second-order valence-corrected chi connectivity index (χ2v) is 3.07. The monoisotopic (exact) mass is 227 g/mol. The van der Waals surface area contributed by atoms with Gasteiger partial charge < -0.3 is 15.3 Å². The first kappa shape index (κ1) is 12.1. The van der Waals surface area contributed by atoms with Crippen LogP contribution in [0.1, 0.15) is 22.0 Å². The van der Waals surface area contributed by atoms with Gasteiger partial charge in [0.2, 0.25) is 0 Å². The van der Waals surface area contributed by atoms with Crippen LogP contribution < -0.4 is 0 Å². The van der Waals surface area contributed by atoms with Crippen LogP contribution in [-0.2, 0) is 0 Å². The molecule has 0 spiro atoms. The highest BCUT2D eigenvalue weighted by Gasteiger charge is 2.17. The molecule has 0 aromatic heterocycles. The van der Waals surface area contributed by atoms with Gasteiger partial charge >= 0.3 is 5.97 Å². The number of hydrogen-bond donors (Lipinski definition) is 3. The second kappa shape index (κ2) is 4.69. The van der Waals surface area contributed by atoms with Gasteiger partial charge in [0.15, 0.2) is 0 Å². The van der Waals surface area contributed by atoms with E-state index in [9.17, 15) is 20.0 Å². The zero-order valence-corrected chi connectivity index (χ0v) is 8.03. The molecular formula is C9H9NO6. The lowest BCUT2D eigenvalue weighted by Crippen LogP contribution is -2.06. The average molecular weight is 227 g/mol. The van der Waals surface area contributed by atoms with Crippen LogP contribution in [0.25, 0.3) is 0 Å². The molecular weight excluding hydrogens is 218 g/mol. The van der Waals surface area contributed by atoms with Crippen LogP contribution in [0.3, 0.4) is 0 Å². The highest BCUT2D eigenvalue weighted by molar-refractivity contribution is 5.88. The molecule has 7 heteroatoms. The van der Waals surface area contributed by atoms with Gasteiger partial charge in [-0.15, -0.1) is 0 Å². The molecule has 0 bridgehead atoms. The molecule has 0 saturated carbocycles. The first-order valence-electron chi connectivity index (χ1n) is 4.27. The summed E-state index contributed by atoms with van der Waals surface area (Å²) in [7, 11) is 0.